The zero-order chi connectivity index (χ0) is 23.9. The fraction of sp³-hybridized carbons (Fsp3) is 0.421. The van der Waals surface area contributed by atoms with E-state index >= 15 is 0 Å². The van der Waals surface area contributed by atoms with Gasteiger partial charge < -0.3 is 26.6 Å². The van der Waals surface area contributed by atoms with Gasteiger partial charge in [-0.15, -0.1) is 5.10 Å². The number of aromatic nitrogens is 6. The maximum atomic E-state index is 12.9. The molecule has 3 aromatic heterocycles. The van der Waals surface area contributed by atoms with E-state index in [0.717, 1.165) is 25.9 Å². The Labute approximate surface area is 193 Å². The van der Waals surface area contributed by atoms with Crippen molar-refractivity contribution >= 4 is 29.6 Å². The summed E-state index contributed by atoms with van der Waals surface area (Å²) in [5.41, 5.74) is 6.66. The molecule has 4 N–H and O–H groups in total. The molecule has 0 saturated carbocycles. The van der Waals surface area contributed by atoms with Gasteiger partial charge in [-0.05, 0) is 48.4 Å². The Morgan fingerprint density at radius 1 is 1.24 bits per heavy atom. The second-order valence-electron chi connectivity index (χ2n) is 7.62. The fourth-order valence-electron chi connectivity index (χ4n) is 3.59. The lowest BCUT2D eigenvalue weighted by Crippen LogP contribution is -2.33. The van der Waals surface area contributed by atoms with Gasteiger partial charge >= 0.3 is 0 Å². The molecule has 1 saturated heterocycles. The van der Waals surface area contributed by atoms with Gasteiger partial charge in [0.25, 0.3) is 5.91 Å². The molecule has 15 nitrogen and oxygen atoms in total. The molecule has 4 rings (SSSR count). The molecule has 180 valence electrons. The Hall–Kier alpha value is -4.11. The third-order valence-electron chi connectivity index (χ3n) is 5.31. The summed E-state index contributed by atoms with van der Waals surface area (Å²) in [7, 11) is 0. The highest BCUT2D eigenvalue weighted by atomic mass is 16.6. The summed E-state index contributed by atoms with van der Waals surface area (Å²) in [5.74, 6) is 0.322. The van der Waals surface area contributed by atoms with Crippen LogP contribution in [0, 0.1) is 5.21 Å². The highest BCUT2D eigenvalue weighted by molar-refractivity contribution is 5.93. The molecular formula is C19H24N11O4-. The zero-order valence-corrected chi connectivity index (χ0v) is 18.3. The van der Waals surface area contributed by atoms with E-state index in [1.807, 2.05) is 0 Å². The number of nitrogens with one attached hydrogen (secondary N) is 2. The van der Waals surface area contributed by atoms with Crippen molar-refractivity contribution in [2.45, 2.75) is 25.8 Å². The average Bonchev–Trinajstić information content (AvgIpc) is 3.47. The second kappa shape index (κ2) is 10.7. The molecule has 0 spiro atoms. The largest absolute Gasteiger partial charge is 0.752 e. The van der Waals surface area contributed by atoms with Gasteiger partial charge in [0.15, 0.2) is 5.69 Å². The Morgan fingerprint density at radius 2 is 2.06 bits per heavy atom. The van der Waals surface area contributed by atoms with Crippen molar-refractivity contribution in [2.75, 3.05) is 42.3 Å². The molecule has 0 unspecified atom stereocenters. The SMILES string of the molecule is Nc1nonc1-n1nnc(C(=O)NCCNc2ccc(N([O-])C=O)cn2)c1CN1CCCCC1. The van der Waals surface area contributed by atoms with Crippen molar-refractivity contribution in [3.63, 3.8) is 0 Å². The minimum Gasteiger partial charge on any atom is -0.752 e. The molecule has 0 aliphatic carbocycles. The molecule has 4 heterocycles. The van der Waals surface area contributed by atoms with Crippen LogP contribution in [0.2, 0.25) is 0 Å². The number of amides is 2. The molecule has 34 heavy (non-hydrogen) atoms. The Kier molecular flexibility index (Phi) is 7.24. The lowest BCUT2D eigenvalue weighted by atomic mass is 10.1. The van der Waals surface area contributed by atoms with Crippen molar-refractivity contribution in [1.29, 1.82) is 0 Å². The standard InChI is InChI=1S/C19H24N11O4/c20-17-18(26-34-25-17)30-14(11-28-8-2-1-3-9-28)16(24-27-30)19(32)22-7-6-21-15-5-4-13(10-23-15)29(33)12-31/h4-5,10,12H,1-3,6-9,11H2,(H2,20,25)(H,21,23)(H,22,32)/q-1. The number of pyridine rings is 1. The van der Waals surface area contributed by atoms with Crippen molar-refractivity contribution in [3.8, 4) is 5.82 Å². The molecular weight excluding hydrogens is 446 g/mol. The topological polar surface area (TPSA) is 196 Å². The Balaban J connectivity index is 1.39. The first-order valence-electron chi connectivity index (χ1n) is 10.7. The average molecular weight is 470 g/mol. The smallest absolute Gasteiger partial charge is 0.273 e. The molecule has 15 heteroatoms. The van der Waals surface area contributed by atoms with Gasteiger partial charge in [0.05, 0.1) is 17.6 Å². The quantitative estimate of drug-likeness (QED) is 0.203. The minimum atomic E-state index is -0.397. The monoisotopic (exact) mass is 470 g/mol. The predicted molar refractivity (Wildman–Crippen MR) is 120 cm³/mol. The number of hydrogen-bond acceptors (Lipinski definition) is 12. The number of nitrogens with zero attached hydrogens (tertiary/aromatic N) is 8. The van der Waals surface area contributed by atoms with Crippen LogP contribution in [0.4, 0.5) is 17.3 Å². The number of nitrogens with two attached hydrogens (primary N) is 1. The van der Waals surface area contributed by atoms with Crippen molar-refractivity contribution in [3.05, 3.63) is 34.9 Å². The van der Waals surface area contributed by atoms with E-state index in [4.69, 9.17) is 5.73 Å². The van der Waals surface area contributed by atoms with E-state index in [-0.39, 0.29) is 41.0 Å². The van der Waals surface area contributed by atoms with Gasteiger partial charge in [-0.2, -0.15) is 4.68 Å². The van der Waals surface area contributed by atoms with Gasteiger partial charge in [-0.25, -0.2) is 9.61 Å². The first-order valence-corrected chi connectivity index (χ1v) is 10.7. The Bertz CT molecular complexity index is 1110. The van der Waals surface area contributed by atoms with Crippen molar-refractivity contribution < 1.29 is 14.2 Å². The number of carbonyl (C=O) groups is 2. The summed E-state index contributed by atoms with van der Waals surface area (Å²) in [4.78, 5) is 29.7. The number of hydrogen-bond donors (Lipinski definition) is 3. The minimum absolute atomic E-state index is 0.0488. The lowest BCUT2D eigenvalue weighted by Gasteiger charge is -2.26. The maximum absolute atomic E-state index is 12.9. The van der Waals surface area contributed by atoms with Gasteiger partial charge in [0, 0.05) is 19.6 Å². The Morgan fingerprint density at radius 3 is 2.74 bits per heavy atom. The number of nitrogen functional groups attached to an aromatic ring is 1. The van der Waals surface area contributed by atoms with Crippen LogP contribution in [0.5, 0.6) is 0 Å². The van der Waals surface area contributed by atoms with Crippen LogP contribution >= 0.6 is 0 Å². The van der Waals surface area contributed by atoms with Crippen molar-refractivity contribution in [2.24, 2.45) is 0 Å². The van der Waals surface area contributed by atoms with Crippen LogP contribution in [0.25, 0.3) is 5.82 Å². The van der Waals surface area contributed by atoms with Crippen LogP contribution in [0.15, 0.2) is 23.0 Å². The molecule has 0 aromatic carbocycles. The van der Waals surface area contributed by atoms with Gasteiger partial charge in [-0.3, -0.25) is 14.5 Å². The molecule has 0 atom stereocenters. The van der Waals surface area contributed by atoms with Crippen LogP contribution in [0.3, 0.4) is 0 Å². The molecule has 1 aliphatic rings. The first-order chi connectivity index (χ1) is 16.6. The van der Waals surface area contributed by atoms with Gasteiger partial charge in [0.2, 0.25) is 18.0 Å². The number of likely N-dealkylation sites (tertiary alicyclic amines) is 1. The number of rotatable bonds is 10. The second-order valence-corrected chi connectivity index (χ2v) is 7.62. The number of piperidine rings is 1. The van der Waals surface area contributed by atoms with Crippen LogP contribution in [0.1, 0.15) is 35.4 Å². The fourth-order valence-corrected chi connectivity index (χ4v) is 3.59. The molecule has 1 aliphatic heterocycles. The van der Waals surface area contributed by atoms with Crippen LogP contribution < -0.4 is 21.4 Å². The maximum Gasteiger partial charge on any atom is 0.273 e. The van der Waals surface area contributed by atoms with E-state index in [1.54, 1.807) is 6.07 Å². The highest BCUT2D eigenvalue weighted by Gasteiger charge is 2.25. The molecule has 2 amide bonds. The third-order valence-corrected chi connectivity index (χ3v) is 5.31. The summed E-state index contributed by atoms with van der Waals surface area (Å²) in [6.45, 7) is 2.90. The summed E-state index contributed by atoms with van der Waals surface area (Å²) in [5, 5.41) is 32.7. The highest BCUT2D eigenvalue weighted by Crippen LogP contribution is 2.19. The van der Waals surface area contributed by atoms with Crippen molar-refractivity contribution in [1.82, 2.24) is 40.5 Å². The zero-order valence-electron chi connectivity index (χ0n) is 18.3. The number of hydroxylamine groups is 1. The van der Waals surface area contributed by atoms with Crippen LogP contribution in [-0.2, 0) is 11.3 Å². The molecule has 0 bridgehead atoms. The molecule has 3 aromatic rings. The summed E-state index contributed by atoms with van der Waals surface area (Å²) >= 11 is 0. The third kappa shape index (κ3) is 5.26. The van der Waals surface area contributed by atoms with E-state index in [2.05, 4.69) is 45.8 Å². The number of carbonyl (C=O) groups excluding carboxylic acids is 2. The van der Waals surface area contributed by atoms with E-state index in [0.29, 0.717) is 24.6 Å². The first kappa shape index (κ1) is 23.1. The van der Waals surface area contributed by atoms with E-state index < -0.39 is 5.91 Å². The van der Waals surface area contributed by atoms with E-state index in [1.165, 1.54) is 23.4 Å². The summed E-state index contributed by atoms with van der Waals surface area (Å²) in [6.07, 6.45) is 4.78. The number of anilines is 3. The molecule has 0 radical (unpaired) electrons. The molecule has 1 fully saturated rings. The predicted octanol–water partition coefficient (Wildman–Crippen LogP) is -0.0841. The lowest BCUT2D eigenvalue weighted by molar-refractivity contribution is -0.106. The van der Waals surface area contributed by atoms with Crippen LogP contribution in [-0.4, -0.2) is 73.7 Å². The summed E-state index contributed by atoms with van der Waals surface area (Å²) in [6, 6.07) is 3.02. The van der Waals surface area contributed by atoms with E-state index in [9.17, 15) is 14.8 Å². The normalized spacial score (nSPS) is 14.0. The van der Waals surface area contributed by atoms with Gasteiger partial charge in [0.1, 0.15) is 5.82 Å². The summed E-state index contributed by atoms with van der Waals surface area (Å²) < 4.78 is 6.07. The van der Waals surface area contributed by atoms with Gasteiger partial charge in [-0.1, -0.05) is 11.6 Å².